The van der Waals surface area contributed by atoms with Crippen molar-refractivity contribution in [3.05, 3.63) is 53.1 Å². The molecule has 1 atom stereocenters. The Kier molecular flexibility index (Phi) is 4.32. The van der Waals surface area contributed by atoms with Crippen LogP contribution in [-0.4, -0.2) is 21.0 Å². The van der Waals surface area contributed by atoms with Crippen molar-refractivity contribution in [3.63, 3.8) is 0 Å². The summed E-state index contributed by atoms with van der Waals surface area (Å²) in [5.74, 6) is -0.265. The number of aromatic nitrogens is 2. The van der Waals surface area contributed by atoms with Crippen LogP contribution in [0.15, 0.2) is 30.3 Å². The summed E-state index contributed by atoms with van der Waals surface area (Å²) in [6, 6.07) is 8.35. The average Bonchev–Trinajstić information content (AvgIpc) is 2.69. The topological polar surface area (TPSA) is 38.0 Å². The van der Waals surface area contributed by atoms with E-state index in [1.54, 1.807) is 6.07 Å². The van der Waals surface area contributed by atoms with Crippen LogP contribution in [0, 0.1) is 12.7 Å². The average molecular weight is 262 g/mol. The second-order valence-electron chi connectivity index (χ2n) is 4.78. The molecule has 0 amide bonds. The largest absolute Gasteiger partial charge is 0.392 e. The van der Waals surface area contributed by atoms with Gasteiger partial charge >= 0.3 is 0 Å². The summed E-state index contributed by atoms with van der Waals surface area (Å²) in [7, 11) is 0. The van der Waals surface area contributed by atoms with E-state index in [-0.39, 0.29) is 5.82 Å². The summed E-state index contributed by atoms with van der Waals surface area (Å²) < 4.78 is 15.0. The molecule has 1 N–H and O–H groups in total. The highest BCUT2D eigenvalue weighted by Crippen LogP contribution is 2.12. The minimum Gasteiger partial charge on any atom is -0.392 e. The molecule has 0 saturated carbocycles. The highest BCUT2D eigenvalue weighted by Gasteiger charge is 2.11. The van der Waals surface area contributed by atoms with Crippen LogP contribution >= 0.6 is 0 Å². The third kappa shape index (κ3) is 3.64. The van der Waals surface area contributed by atoms with Gasteiger partial charge in [0.15, 0.2) is 0 Å². The van der Waals surface area contributed by atoms with Crippen LogP contribution in [0.1, 0.15) is 23.9 Å². The van der Waals surface area contributed by atoms with E-state index in [2.05, 4.69) is 5.10 Å². The molecule has 102 valence electrons. The first-order chi connectivity index (χ1) is 9.08. The molecule has 0 spiro atoms. The lowest BCUT2D eigenvalue weighted by molar-refractivity contribution is 0.172. The van der Waals surface area contributed by atoms with Crippen LogP contribution in [0.4, 0.5) is 4.39 Å². The van der Waals surface area contributed by atoms with Crippen LogP contribution in [-0.2, 0) is 19.4 Å². The Bertz CT molecular complexity index is 551. The van der Waals surface area contributed by atoms with Crippen molar-refractivity contribution in [2.45, 2.75) is 39.3 Å². The van der Waals surface area contributed by atoms with E-state index in [0.29, 0.717) is 12.8 Å². The molecular weight excluding hydrogens is 243 g/mol. The molecule has 0 saturated heterocycles. The molecular formula is C15H19FN2O. The Hall–Kier alpha value is -1.68. The molecule has 1 unspecified atom stereocenters. The molecule has 0 aliphatic heterocycles. The molecule has 0 radical (unpaired) electrons. The number of rotatable bonds is 5. The fourth-order valence-electron chi connectivity index (χ4n) is 2.29. The van der Waals surface area contributed by atoms with Crippen molar-refractivity contribution >= 4 is 0 Å². The molecule has 0 fully saturated rings. The molecule has 0 aliphatic rings. The SMILES string of the molecule is CCn1nc(C)cc1CC(O)Cc1cccc(F)c1. The van der Waals surface area contributed by atoms with Gasteiger partial charge in [-0.25, -0.2) is 4.39 Å². The van der Waals surface area contributed by atoms with Gasteiger partial charge in [-0.05, 0) is 44.0 Å². The minimum atomic E-state index is -0.525. The molecule has 1 aromatic heterocycles. The van der Waals surface area contributed by atoms with Gasteiger partial charge in [-0.15, -0.1) is 0 Å². The maximum atomic E-state index is 13.1. The zero-order chi connectivity index (χ0) is 13.8. The van der Waals surface area contributed by atoms with E-state index in [9.17, 15) is 9.50 Å². The van der Waals surface area contributed by atoms with Crippen LogP contribution < -0.4 is 0 Å². The third-order valence-electron chi connectivity index (χ3n) is 3.09. The number of aryl methyl sites for hydroxylation is 2. The zero-order valence-corrected chi connectivity index (χ0v) is 11.3. The number of hydrogen-bond donors (Lipinski definition) is 1. The van der Waals surface area contributed by atoms with E-state index in [4.69, 9.17) is 0 Å². The number of nitrogens with zero attached hydrogens (tertiary/aromatic N) is 2. The smallest absolute Gasteiger partial charge is 0.123 e. The van der Waals surface area contributed by atoms with Gasteiger partial charge in [0.2, 0.25) is 0 Å². The Morgan fingerprint density at radius 1 is 1.32 bits per heavy atom. The van der Waals surface area contributed by atoms with Crippen molar-refractivity contribution in [3.8, 4) is 0 Å². The van der Waals surface area contributed by atoms with E-state index in [1.807, 2.05) is 30.7 Å². The standard InChI is InChI=1S/C15H19FN2O/c1-3-18-14(7-11(2)17-18)10-15(19)9-12-5-4-6-13(16)8-12/h4-8,15,19H,3,9-10H2,1-2H3. The molecule has 2 rings (SSSR count). The van der Waals surface area contributed by atoms with Crippen LogP contribution in [0.3, 0.4) is 0 Å². The molecule has 1 aromatic carbocycles. The van der Waals surface area contributed by atoms with Gasteiger partial charge in [0.05, 0.1) is 11.8 Å². The maximum absolute atomic E-state index is 13.1. The number of benzene rings is 1. The number of aliphatic hydroxyl groups is 1. The summed E-state index contributed by atoms with van der Waals surface area (Å²) in [5, 5.41) is 14.5. The fraction of sp³-hybridized carbons (Fsp3) is 0.400. The van der Waals surface area contributed by atoms with Gasteiger partial charge in [-0.1, -0.05) is 12.1 Å². The molecule has 19 heavy (non-hydrogen) atoms. The Balaban J connectivity index is 2.02. The Morgan fingerprint density at radius 2 is 2.11 bits per heavy atom. The van der Waals surface area contributed by atoms with Crippen LogP contribution in [0.25, 0.3) is 0 Å². The first-order valence-corrected chi connectivity index (χ1v) is 6.54. The lowest BCUT2D eigenvalue weighted by Gasteiger charge is -2.11. The molecule has 2 aromatic rings. The molecule has 4 heteroatoms. The summed E-state index contributed by atoms with van der Waals surface area (Å²) in [6.45, 7) is 4.75. The summed E-state index contributed by atoms with van der Waals surface area (Å²) in [5.41, 5.74) is 2.78. The Labute approximate surface area is 112 Å². The third-order valence-corrected chi connectivity index (χ3v) is 3.09. The molecule has 3 nitrogen and oxygen atoms in total. The lowest BCUT2D eigenvalue weighted by Crippen LogP contribution is -2.17. The number of aliphatic hydroxyl groups excluding tert-OH is 1. The van der Waals surface area contributed by atoms with Gasteiger partial charge < -0.3 is 5.11 Å². The van der Waals surface area contributed by atoms with E-state index < -0.39 is 6.10 Å². The first-order valence-electron chi connectivity index (χ1n) is 6.54. The predicted octanol–water partition coefficient (Wildman–Crippen LogP) is 2.50. The monoisotopic (exact) mass is 262 g/mol. The van der Waals surface area contributed by atoms with Crippen molar-refractivity contribution in [1.82, 2.24) is 9.78 Å². The van der Waals surface area contributed by atoms with Crippen molar-refractivity contribution in [2.24, 2.45) is 0 Å². The molecule has 0 aliphatic carbocycles. The second kappa shape index (κ2) is 5.97. The van der Waals surface area contributed by atoms with E-state index in [1.165, 1.54) is 12.1 Å². The lowest BCUT2D eigenvalue weighted by atomic mass is 10.0. The molecule has 1 heterocycles. The zero-order valence-electron chi connectivity index (χ0n) is 11.3. The van der Waals surface area contributed by atoms with Gasteiger partial charge in [0, 0.05) is 18.7 Å². The quantitative estimate of drug-likeness (QED) is 0.899. The number of halogens is 1. The first kappa shape index (κ1) is 13.7. The summed E-state index contributed by atoms with van der Waals surface area (Å²) >= 11 is 0. The summed E-state index contributed by atoms with van der Waals surface area (Å²) in [4.78, 5) is 0. The normalized spacial score (nSPS) is 12.6. The molecule has 0 bridgehead atoms. The van der Waals surface area contributed by atoms with Crippen molar-refractivity contribution in [2.75, 3.05) is 0 Å². The maximum Gasteiger partial charge on any atom is 0.123 e. The van der Waals surface area contributed by atoms with Gasteiger partial charge in [-0.3, -0.25) is 4.68 Å². The Morgan fingerprint density at radius 3 is 2.79 bits per heavy atom. The fourth-order valence-corrected chi connectivity index (χ4v) is 2.29. The van der Waals surface area contributed by atoms with E-state index >= 15 is 0 Å². The second-order valence-corrected chi connectivity index (χ2v) is 4.78. The van der Waals surface area contributed by atoms with E-state index in [0.717, 1.165) is 23.5 Å². The van der Waals surface area contributed by atoms with Gasteiger partial charge in [0.25, 0.3) is 0 Å². The highest BCUT2D eigenvalue weighted by atomic mass is 19.1. The minimum absolute atomic E-state index is 0.265. The summed E-state index contributed by atoms with van der Waals surface area (Å²) in [6.07, 6.45) is 0.458. The van der Waals surface area contributed by atoms with Gasteiger partial charge in [0.1, 0.15) is 5.82 Å². The van der Waals surface area contributed by atoms with Crippen molar-refractivity contribution in [1.29, 1.82) is 0 Å². The number of hydrogen-bond acceptors (Lipinski definition) is 2. The van der Waals surface area contributed by atoms with Crippen molar-refractivity contribution < 1.29 is 9.50 Å². The van der Waals surface area contributed by atoms with Crippen LogP contribution in [0.5, 0.6) is 0 Å². The van der Waals surface area contributed by atoms with Gasteiger partial charge in [-0.2, -0.15) is 5.10 Å². The van der Waals surface area contributed by atoms with Crippen LogP contribution in [0.2, 0.25) is 0 Å². The predicted molar refractivity (Wildman–Crippen MR) is 72.5 cm³/mol. The highest BCUT2D eigenvalue weighted by molar-refractivity contribution is 5.18.